The molecule has 27 heavy (non-hydrogen) atoms. The lowest BCUT2D eigenvalue weighted by molar-refractivity contribution is -0.113. The number of halogens is 1. The molecule has 0 amide bonds. The number of thioether (sulfide) groups is 1. The Labute approximate surface area is 174 Å². The lowest BCUT2D eigenvalue weighted by Crippen LogP contribution is -2.43. The largest absolute Gasteiger partial charge is 0.543 e. The zero-order chi connectivity index (χ0) is 20.2. The topological polar surface area (TPSA) is 51.6 Å². The molecule has 146 valence electrons. The first-order valence-corrected chi connectivity index (χ1v) is 13.8. The van der Waals surface area contributed by atoms with Crippen LogP contribution in [0.25, 0.3) is 10.2 Å². The molecule has 2 heterocycles. The third-order valence-corrected chi connectivity index (χ3v) is 12.2. The molecule has 1 atom stereocenters. The number of thiazole rings is 1. The van der Waals surface area contributed by atoms with Crippen LogP contribution in [0.2, 0.25) is 18.1 Å². The summed E-state index contributed by atoms with van der Waals surface area (Å²) in [4.78, 5) is 20.9. The SMILES string of the molecule is CC1(C)SC(c2nc3ccc(O[Si](C)(C)C(C)(C)C)cc3s2)=NC1C(=O)Cl. The smallest absolute Gasteiger partial charge is 0.250 e. The van der Waals surface area contributed by atoms with Gasteiger partial charge in [-0.25, -0.2) is 4.98 Å². The van der Waals surface area contributed by atoms with Gasteiger partial charge in [0.15, 0.2) is 0 Å². The number of hydrogen-bond acceptors (Lipinski definition) is 6. The van der Waals surface area contributed by atoms with Crippen LogP contribution < -0.4 is 4.43 Å². The summed E-state index contributed by atoms with van der Waals surface area (Å²) < 4.78 is 7.11. The van der Waals surface area contributed by atoms with Crippen LogP contribution in [0.3, 0.4) is 0 Å². The minimum absolute atomic E-state index is 0.144. The highest BCUT2D eigenvalue weighted by atomic mass is 35.5. The summed E-state index contributed by atoms with van der Waals surface area (Å²) >= 11 is 8.86. The maximum Gasteiger partial charge on any atom is 0.250 e. The Bertz CT molecular complexity index is 931. The van der Waals surface area contributed by atoms with E-state index >= 15 is 0 Å². The zero-order valence-corrected chi connectivity index (χ0v) is 20.1. The fourth-order valence-corrected chi connectivity index (χ4v) is 6.14. The van der Waals surface area contributed by atoms with Gasteiger partial charge in [0.25, 0.3) is 0 Å². The Hall–Kier alpha value is -0.893. The predicted octanol–water partition coefficient (Wildman–Crippen LogP) is 6.09. The first-order valence-electron chi connectivity index (χ1n) is 8.86. The molecule has 0 N–H and O–H groups in total. The van der Waals surface area contributed by atoms with Gasteiger partial charge >= 0.3 is 0 Å². The van der Waals surface area contributed by atoms with E-state index in [0.29, 0.717) is 0 Å². The quantitative estimate of drug-likeness (QED) is 0.426. The standard InChI is InChI=1S/C19H25ClN2O2S2Si/c1-18(2,3)27(6,7)24-11-8-9-12-13(10-11)25-16(21-12)17-22-14(15(20)23)19(4,5)26-17/h8-10,14H,1-7H3. The van der Waals surface area contributed by atoms with E-state index in [2.05, 4.69) is 44.9 Å². The van der Waals surface area contributed by atoms with Gasteiger partial charge in [0.2, 0.25) is 13.6 Å². The van der Waals surface area contributed by atoms with Gasteiger partial charge in [0.1, 0.15) is 21.8 Å². The molecule has 0 saturated heterocycles. The van der Waals surface area contributed by atoms with E-state index in [1.165, 1.54) is 0 Å². The van der Waals surface area contributed by atoms with Crippen molar-refractivity contribution in [2.24, 2.45) is 4.99 Å². The summed E-state index contributed by atoms with van der Waals surface area (Å²) in [5.74, 6) is 0.888. The lowest BCUT2D eigenvalue weighted by Gasteiger charge is -2.36. The van der Waals surface area contributed by atoms with Gasteiger partial charge in [-0.1, -0.05) is 32.5 Å². The van der Waals surface area contributed by atoms with Crippen LogP contribution >= 0.6 is 34.7 Å². The Balaban J connectivity index is 1.91. The third kappa shape index (κ3) is 4.11. The van der Waals surface area contributed by atoms with E-state index in [9.17, 15) is 4.79 Å². The molecule has 3 rings (SSSR count). The number of rotatable bonds is 4. The fraction of sp³-hybridized carbons (Fsp3) is 0.526. The molecular weight excluding hydrogens is 416 g/mol. The van der Waals surface area contributed by atoms with Gasteiger partial charge in [-0.3, -0.25) is 9.79 Å². The second-order valence-electron chi connectivity index (χ2n) is 8.86. The second kappa shape index (κ2) is 6.86. The maximum atomic E-state index is 11.7. The molecule has 4 nitrogen and oxygen atoms in total. The summed E-state index contributed by atoms with van der Waals surface area (Å²) in [6, 6.07) is 5.51. The van der Waals surface area contributed by atoms with Crippen molar-refractivity contribution in [1.29, 1.82) is 0 Å². The molecule has 0 spiro atoms. The zero-order valence-electron chi connectivity index (χ0n) is 16.7. The molecular formula is C19H25ClN2O2S2Si. The molecule has 0 aliphatic carbocycles. The van der Waals surface area contributed by atoms with Gasteiger partial charge in [-0.05, 0) is 61.8 Å². The number of benzene rings is 1. The average molecular weight is 441 g/mol. The highest BCUT2D eigenvalue weighted by Gasteiger charge is 2.42. The molecule has 8 heteroatoms. The van der Waals surface area contributed by atoms with Crippen molar-refractivity contribution in [3.05, 3.63) is 23.2 Å². The molecule has 0 radical (unpaired) electrons. The van der Waals surface area contributed by atoms with E-state index in [4.69, 9.17) is 21.0 Å². The summed E-state index contributed by atoms with van der Waals surface area (Å²) in [6.07, 6.45) is 0. The van der Waals surface area contributed by atoms with Crippen LogP contribution in [-0.2, 0) is 4.79 Å². The molecule has 1 aromatic heterocycles. The van der Waals surface area contributed by atoms with Crippen LogP contribution in [0.5, 0.6) is 5.75 Å². The highest BCUT2D eigenvalue weighted by molar-refractivity contribution is 8.16. The van der Waals surface area contributed by atoms with Crippen molar-refractivity contribution in [2.75, 3.05) is 0 Å². The van der Waals surface area contributed by atoms with Crippen molar-refractivity contribution in [3.8, 4) is 5.75 Å². The highest BCUT2D eigenvalue weighted by Crippen LogP contribution is 2.43. The third-order valence-electron chi connectivity index (χ3n) is 5.20. The molecule has 1 aliphatic rings. The molecule has 0 bridgehead atoms. The molecule has 2 aromatic rings. The van der Waals surface area contributed by atoms with Crippen LogP contribution in [0.4, 0.5) is 0 Å². The van der Waals surface area contributed by atoms with Gasteiger partial charge < -0.3 is 4.43 Å². The fourth-order valence-electron chi connectivity index (χ4n) is 2.53. The van der Waals surface area contributed by atoms with Crippen molar-refractivity contribution in [1.82, 2.24) is 4.98 Å². The van der Waals surface area contributed by atoms with E-state index in [0.717, 1.165) is 26.0 Å². The Morgan fingerprint density at radius 3 is 2.52 bits per heavy atom. The minimum Gasteiger partial charge on any atom is -0.543 e. The molecule has 1 aromatic carbocycles. The van der Waals surface area contributed by atoms with Gasteiger partial charge in [0.05, 0.1) is 10.2 Å². The van der Waals surface area contributed by atoms with Crippen LogP contribution in [-0.4, -0.2) is 34.4 Å². The van der Waals surface area contributed by atoms with E-state index < -0.39 is 19.6 Å². The Morgan fingerprint density at radius 2 is 1.96 bits per heavy atom. The van der Waals surface area contributed by atoms with Crippen molar-refractivity contribution >= 4 is 63.5 Å². The summed E-state index contributed by atoms with van der Waals surface area (Å²) in [7, 11) is -1.89. The molecule has 0 fully saturated rings. The summed E-state index contributed by atoms with van der Waals surface area (Å²) in [6.45, 7) is 15.1. The van der Waals surface area contributed by atoms with Crippen molar-refractivity contribution in [3.63, 3.8) is 0 Å². The van der Waals surface area contributed by atoms with Crippen LogP contribution in [0.1, 0.15) is 39.6 Å². The van der Waals surface area contributed by atoms with Crippen LogP contribution in [0, 0.1) is 0 Å². The molecule has 1 aliphatic heterocycles. The van der Waals surface area contributed by atoms with E-state index in [1.54, 1.807) is 23.1 Å². The molecule has 0 saturated carbocycles. The summed E-state index contributed by atoms with van der Waals surface area (Å²) in [5.41, 5.74) is 0.916. The monoisotopic (exact) mass is 440 g/mol. The Morgan fingerprint density at radius 1 is 1.30 bits per heavy atom. The number of carbonyl (C=O) groups excluding carboxylic acids is 1. The number of fused-ring (bicyclic) bond motifs is 1. The number of aliphatic imine (C=N–C) groups is 1. The van der Waals surface area contributed by atoms with Crippen molar-refractivity contribution in [2.45, 2.75) is 63.5 Å². The van der Waals surface area contributed by atoms with Gasteiger partial charge in [-0.2, -0.15) is 0 Å². The number of carbonyl (C=O) groups is 1. The van der Waals surface area contributed by atoms with Crippen molar-refractivity contribution < 1.29 is 9.22 Å². The average Bonchev–Trinajstić information content (AvgIpc) is 3.05. The van der Waals surface area contributed by atoms with E-state index in [-0.39, 0.29) is 9.79 Å². The van der Waals surface area contributed by atoms with Gasteiger partial charge in [-0.15, -0.1) is 11.3 Å². The number of aromatic nitrogens is 1. The first kappa shape index (κ1) is 20.8. The van der Waals surface area contributed by atoms with Crippen LogP contribution in [0.15, 0.2) is 23.2 Å². The Kier molecular flexibility index (Phi) is 5.30. The minimum atomic E-state index is -1.89. The predicted molar refractivity (Wildman–Crippen MR) is 120 cm³/mol. The number of nitrogens with zero attached hydrogens (tertiary/aromatic N) is 2. The summed E-state index contributed by atoms with van der Waals surface area (Å²) in [5, 5.41) is 1.33. The second-order valence-corrected chi connectivity index (χ2v) is 16.6. The normalized spacial score (nSPS) is 20.0. The van der Waals surface area contributed by atoms with Gasteiger partial charge in [0, 0.05) is 4.75 Å². The van der Waals surface area contributed by atoms with E-state index in [1.807, 2.05) is 26.0 Å². The lowest BCUT2D eigenvalue weighted by atomic mass is 10.1. The number of hydrogen-bond donors (Lipinski definition) is 0. The maximum absolute atomic E-state index is 11.7. The molecule has 1 unspecified atom stereocenters. The first-order chi connectivity index (χ1) is 12.3.